The fourth-order valence-electron chi connectivity index (χ4n) is 1.49. The van der Waals surface area contributed by atoms with Crippen LogP contribution in [0.25, 0.3) is 11.3 Å². The number of benzene rings is 1. The maximum absolute atomic E-state index is 5.83. The van der Waals surface area contributed by atoms with Crippen LogP contribution in [-0.4, -0.2) is 17.1 Å². The van der Waals surface area contributed by atoms with Gasteiger partial charge in [-0.15, -0.1) is 0 Å². The van der Waals surface area contributed by atoms with Crippen LogP contribution in [0.15, 0.2) is 30.6 Å². The third-order valence-corrected chi connectivity index (χ3v) is 2.47. The van der Waals surface area contributed by atoms with Crippen molar-refractivity contribution in [2.75, 3.05) is 7.11 Å². The predicted molar refractivity (Wildman–Crippen MR) is 63.8 cm³/mol. The average Bonchev–Trinajstić information content (AvgIpc) is 2.28. The van der Waals surface area contributed by atoms with E-state index in [2.05, 4.69) is 9.97 Å². The van der Waals surface area contributed by atoms with E-state index >= 15 is 0 Å². The molecule has 1 aromatic heterocycles. The van der Waals surface area contributed by atoms with Crippen molar-refractivity contribution in [3.05, 3.63) is 41.3 Å². The first-order chi connectivity index (χ1) is 7.70. The van der Waals surface area contributed by atoms with E-state index < -0.39 is 0 Å². The Kier molecular flexibility index (Phi) is 3.06. The van der Waals surface area contributed by atoms with Gasteiger partial charge < -0.3 is 4.74 Å². The molecule has 1 heterocycles. The van der Waals surface area contributed by atoms with E-state index in [1.165, 1.54) is 6.33 Å². The summed E-state index contributed by atoms with van der Waals surface area (Å²) >= 11 is 5.83. The molecule has 0 spiro atoms. The number of aryl methyl sites for hydroxylation is 1. The topological polar surface area (TPSA) is 35.0 Å². The largest absolute Gasteiger partial charge is 0.496 e. The van der Waals surface area contributed by atoms with E-state index in [1.54, 1.807) is 13.2 Å². The Bertz CT molecular complexity index is 514. The summed E-state index contributed by atoms with van der Waals surface area (Å²) in [5.74, 6) is 0.787. The lowest BCUT2D eigenvalue weighted by atomic mass is 10.1. The highest BCUT2D eigenvalue weighted by Crippen LogP contribution is 2.29. The molecule has 2 aromatic rings. The number of halogens is 1. The lowest BCUT2D eigenvalue weighted by Gasteiger charge is -2.08. The highest BCUT2D eigenvalue weighted by Gasteiger charge is 2.07. The molecule has 0 aliphatic heterocycles. The van der Waals surface area contributed by atoms with Crippen LogP contribution < -0.4 is 4.74 Å². The van der Waals surface area contributed by atoms with E-state index in [1.807, 2.05) is 25.1 Å². The fraction of sp³-hybridized carbons (Fsp3) is 0.167. The summed E-state index contributed by atoms with van der Waals surface area (Å²) in [5.41, 5.74) is 2.81. The quantitative estimate of drug-likeness (QED) is 0.749. The first-order valence-corrected chi connectivity index (χ1v) is 5.21. The first-order valence-electron chi connectivity index (χ1n) is 4.83. The molecule has 0 unspecified atom stereocenters. The van der Waals surface area contributed by atoms with Crippen molar-refractivity contribution < 1.29 is 4.74 Å². The summed E-state index contributed by atoms with van der Waals surface area (Å²) in [6.45, 7) is 2.01. The second kappa shape index (κ2) is 4.49. The van der Waals surface area contributed by atoms with E-state index in [-0.39, 0.29) is 0 Å². The van der Waals surface area contributed by atoms with Gasteiger partial charge in [0.1, 0.15) is 17.2 Å². The molecule has 0 N–H and O–H groups in total. The maximum atomic E-state index is 5.83. The number of hydrogen-bond acceptors (Lipinski definition) is 3. The minimum atomic E-state index is 0.424. The second-order valence-electron chi connectivity index (χ2n) is 3.43. The van der Waals surface area contributed by atoms with Crippen LogP contribution in [0.3, 0.4) is 0 Å². The highest BCUT2D eigenvalue weighted by atomic mass is 35.5. The lowest BCUT2D eigenvalue weighted by Crippen LogP contribution is -1.91. The number of nitrogens with zero attached hydrogens (tertiary/aromatic N) is 2. The molecule has 0 saturated heterocycles. The van der Waals surface area contributed by atoms with Gasteiger partial charge in [-0.25, -0.2) is 9.97 Å². The molecule has 0 bridgehead atoms. The molecular formula is C12H11ClN2O. The minimum absolute atomic E-state index is 0.424. The number of methoxy groups -OCH3 is 1. The van der Waals surface area contributed by atoms with E-state index in [4.69, 9.17) is 16.3 Å². The molecule has 0 saturated carbocycles. The van der Waals surface area contributed by atoms with Crippen LogP contribution in [0.1, 0.15) is 5.56 Å². The summed E-state index contributed by atoms with van der Waals surface area (Å²) in [7, 11) is 1.64. The summed E-state index contributed by atoms with van der Waals surface area (Å²) in [6, 6.07) is 7.65. The van der Waals surface area contributed by atoms with Gasteiger partial charge >= 0.3 is 0 Å². The van der Waals surface area contributed by atoms with Crippen LogP contribution in [0.5, 0.6) is 5.75 Å². The standard InChI is InChI=1S/C12H11ClN2O/c1-8-3-4-9(11(5-8)16-2)10-6-12(13)15-7-14-10/h3-7H,1-2H3. The predicted octanol–water partition coefficient (Wildman–Crippen LogP) is 3.11. The van der Waals surface area contributed by atoms with Crippen LogP contribution in [0.2, 0.25) is 5.15 Å². The number of ether oxygens (including phenoxy) is 1. The van der Waals surface area contributed by atoms with Gasteiger partial charge in [0.25, 0.3) is 0 Å². The second-order valence-corrected chi connectivity index (χ2v) is 3.82. The van der Waals surface area contributed by atoms with Gasteiger partial charge in [-0.3, -0.25) is 0 Å². The molecule has 0 fully saturated rings. The SMILES string of the molecule is COc1cc(C)ccc1-c1cc(Cl)ncn1. The zero-order chi connectivity index (χ0) is 11.5. The van der Waals surface area contributed by atoms with Crippen molar-refractivity contribution in [1.82, 2.24) is 9.97 Å². The van der Waals surface area contributed by atoms with Crippen LogP contribution in [0, 0.1) is 6.92 Å². The normalized spacial score (nSPS) is 10.2. The molecule has 1 aromatic carbocycles. The Labute approximate surface area is 99.1 Å². The Balaban J connectivity index is 2.55. The maximum Gasteiger partial charge on any atom is 0.133 e. The van der Waals surface area contributed by atoms with Gasteiger partial charge in [0.2, 0.25) is 0 Å². The molecular weight excluding hydrogens is 224 g/mol. The van der Waals surface area contributed by atoms with E-state index in [0.29, 0.717) is 5.15 Å². The zero-order valence-electron chi connectivity index (χ0n) is 9.07. The van der Waals surface area contributed by atoms with Gasteiger partial charge in [0.05, 0.1) is 12.8 Å². The summed E-state index contributed by atoms with van der Waals surface area (Å²) in [5, 5.41) is 0.424. The zero-order valence-corrected chi connectivity index (χ0v) is 9.82. The summed E-state index contributed by atoms with van der Waals surface area (Å²) < 4.78 is 5.32. The van der Waals surface area contributed by atoms with E-state index in [0.717, 1.165) is 22.6 Å². The number of hydrogen-bond donors (Lipinski definition) is 0. The molecule has 16 heavy (non-hydrogen) atoms. The molecule has 4 heteroatoms. The molecule has 0 atom stereocenters. The third kappa shape index (κ3) is 2.14. The molecule has 2 rings (SSSR count). The minimum Gasteiger partial charge on any atom is -0.496 e. The Morgan fingerprint density at radius 2 is 2.00 bits per heavy atom. The molecule has 0 amide bonds. The molecule has 3 nitrogen and oxygen atoms in total. The van der Waals surface area contributed by atoms with Gasteiger partial charge in [-0.05, 0) is 24.6 Å². The summed E-state index contributed by atoms with van der Waals surface area (Å²) in [4.78, 5) is 8.02. The first kappa shape index (κ1) is 10.9. The monoisotopic (exact) mass is 234 g/mol. The van der Waals surface area contributed by atoms with Crippen LogP contribution in [0.4, 0.5) is 0 Å². The summed E-state index contributed by atoms with van der Waals surface area (Å²) in [6.07, 6.45) is 1.44. The number of rotatable bonds is 2. The Morgan fingerprint density at radius 1 is 1.19 bits per heavy atom. The van der Waals surface area contributed by atoms with E-state index in [9.17, 15) is 0 Å². The van der Waals surface area contributed by atoms with Crippen molar-refractivity contribution >= 4 is 11.6 Å². The molecule has 0 aliphatic rings. The van der Waals surface area contributed by atoms with Crippen molar-refractivity contribution in [2.45, 2.75) is 6.92 Å². The van der Waals surface area contributed by atoms with Gasteiger partial charge in [-0.2, -0.15) is 0 Å². The van der Waals surface area contributed by atoms with Gasteiger partial charge in [0, 0.05) is 11.6 Å². The lowest BCUT2D eigenvalue weighted by molar-refractivity contribution is 0.416. The fourth-order valence-corrected chi connectivity index (χ4v) is 1.64. The molecule has 0 radical (unpaired) electrons. The van der Waals surface area contributed by atoms with Crippen molar-refractivity contribution in [2.24, 2.45) is 0 Å². The number of aromatic nitrogens is 2. The van der Waals surface area contributed by atoms with Gasteiger partial charge in [-0.1, -0.05) is 17.7 Å². The van der Waals surface area contributed by atoms with Crippen molar-refractivity contribution in [1.29, 1.82) is 0 Å². The molecule has 0 aliphatic carbocycles. The average molecular weight is 235 g/mol. The van der Waals surface area contributed by atoms with Gasteiger partial charge in [0.15, 0.2) is 0 Å². The smallest absolute Gasteiger partial charge is 0.133 e. The van der Waals surface area contributed by atoms with Crippen LogP contribution >= 0.6 is 11.6 Å². The van der Waals surface area contributed by atoms with Crippen molar-refractivity contribution in [3.8, 4) is 17.0 Å². The van der Waals surface area contributed by atoms with Crippen molar-refractivity contribution in [3.63, 3.8) is 0 Å². The molecule has 82 valence electrons. The van der Waals surface area contributed by atoms with Crippen LogP contribution in [-0.2, 0) is 0 Å². The third-order valence-electron chi connectivity index (χ3n) is 2.27. The highest BCUT2D eigenvalue weighted by molar-refractivity contribution is 6.29. The Hall–Kier alpha value is -1.61. The Morgan fingerprint density at radius 3 is 2.69 bits per heavy atom.